The molecule has 2 atom stereocenters. The summed E-state index contributed by atoms with van der Waals surface area (Å²) in [5.74, 6) is -0.741. The fourth-order valence-corrected chi connectivity index (χ4v) is 5.34. The van der Waals surface area contributed by atoms with Crippen molar-refractivity contribution in [2.45, 2.75) is 11.5 Å². The molecule has 0 unspecified atom stereocenters. The summed E-state index contributed by atoms with van der Waals surface area (Å²) in [5, 5.41) is 12.5. The lowest BCUT2D eigenvalue weighted by molar-refractivity contribution is -0.118. The van der Waals surface area contributed by atoms with Crippen molar-refractivity contribution in [2.24, 2.45) is 0 Å². The number of hydrogen-bond acceptors (Lipinski definition) is 2. The molecule has 0 aromatic heterocycles. The molecule has 0 bridgehead atoms. The molecule has 0 fully saturated rings. The molecule has 2 aliphatic carbocycles. The summed E-state index contributed by atoms with van der Waals surface area (Å²) in [6.45, 7) is 0. The van der Waals surface area contributed by atoms with E-state index in [0.717, 1.165) is 33.4 Å². The fraction of sp³-hybridized carbons (Fsp3) is 0.0690. The summed E-state index contributed by atoms with van der Waals surface area (Å²) >= 11 is 0. The van der Waals surface area contributed by atoms with Crippen molar-refractivity contribution in [3.05, 3.63) is 131 Å². The predicted molar refractivity (Wildman–Crippen MR) is 123 cm³/mol. The highest BCUT2D eigenvalue weighted by molar-refractivity contribution is 6.36. The summed E-state index contributed by atoms with van der Waals surface area (Å²) in [7, 11) is 0. The zero-order valence-electron chi connectivity index (χ0n) is 16.8. The maximum absolute atomic E-state index is 14.1. The van der Waals surface area contributed by atoms with Crippen LogP contribution in [0.4, 0.5) is 0 Å². The normalized spacial score (nSPS) is 21.5. The van der Waals surface area contributed by atoms with E-state index in [0.29, 0.717) is 11.1 Å². The summed E-state index contributed by atoms with van der Waals surface area (Å²) in [6, 6.07) is 35.4. The number of allylic oxidation sites excluding steroid dienone is 1. The predicted octanol–water partition coefficient (Wildman–Crippen LogP) is 5.83. The fourth-order valence-electron chi connectivity index (χ4n) is 5.34. The molecule has 0 amide bonds. The van der Waals surface area contributed by atoms with Crippen LogP contribution < -0.4 is 0 Å². The van der Waals surface area contributed by atoms with Crippen molar-refractivity contribution < 1.29 is 9.90 Å². The van der Waals surface area contributed by atoms with Gasteiger partial charge in [-0.15, -0.1) is 0 Å². The Hall–Kier alpha value is -3.75. The van der Waals surface area contributed by atoms with E-state index in [-0.39, 0.29) is 5.78 Å². The minimum atomic E-state index is -1.44. The first-order chi connectivity index (χ1) is 15.2. The average Bonchev–Trinajstić information content (AvgIpc) is 3.08. The lowest BCUT2D eigenvalue weighted by Crippen LogP contribution is -2.36. The van der Waals surface area contributed by atoms with Gasteiger partial charge in [-0.3, -0.25) is 4.79 Å². The van der Waals surface area contributed by atoms with Crippen LogP contribution in [-0.2, 0) is 10.4 Å². The zero-order chi connectivity index (χ0) is 21.0. The summed E-state index contributed by atoms with van der Waals surface area (Å²) in [4.78, 5) is 14.1. The lowest BCUT2D eigenvalue weighted by Gasteiger charge is -2.39. The standard InChI is InChI=1S/C29H20O2/c30-28-25(19-11-3-1-4-12-19)27-23-17-8-7-15-21(23)22-16-9-10-18-24(22)29(27,31)26(28)20-13-5-2-6-14-20/h1-18,26,31H/t26-,29-/m1/s1. The third-order valence-corrected chi connectivity index (χ3v) is 6.58. The molecule has 4 aromatic carbocycles. The maximum atomic E-state index is 14.1. The molecule has 0 saturated heterocycles. The largest absolute Gasteiger partial charge is 0.379 e. The third-order valence-electron chi connectivity index (χ3n) is 6.58. The summed E-state index contributed by atoms with van der Waals surface area (Å²) < 4.78 is 0. The highest BCUT2D eigenvalue weighted by Crippen LogP contribution is 2.62. The number of ketones is 1. The van der Waals surface area contributed by atoms with Crippen molar-refractivity contribution in [1.82, 2.24) is 0 Å². The quantitative estimate of drug-likeness (QED) is 0.459. The molecule has 0 spiro atoms. The SMILES string of the molecule is O=C1C(c2ccccc2)=C2c3ccccc3-c3ccccc3[C@@]2(O)[C@@H]1c1ccccc1. The van der Waals surface area contributed by atoms with Crippen LogP contribution in [0.1, 0.15) is 28.2 Å². The first-order valence-corrected chi connectivity index (χ1v) is 10.5. The molecule has 0 radical (unpaired) electrons. The highest BCUT2D eigenvalue weighted by Gasteiger charge is 2.57. The molecule has 6 rings (SSSR count). The van der Waals surface area contributed by atoms with Crippen LogP contribution in [0.3, 0.4) is 0 Å². The Balaban J connectivity index is 1.76. The lowest BCUT2D eigenvalue weighted by atomic mass is 9.68. The maximum Gasteiger partial charge on any atom is 0.174 e. The molecule has 2 heteroatoms. The number of hydrogen-bond donors (Lipinski definition) is 1. The number of carbonyl (C=O) groups excluding carboxylic acids is 1. The van der Waals surface area contributed by atoms with Gasteiger partial charge in [0.1, 0.15) is 5.60 Å². The molecule has 0 saturated carbocycles. The number of rotatable bonds is 2. The molecule has 2 nitrogen and oxygen atoms in total. The summed E-state index contributed by atoms with van der Waals surface area (Å²) in [5.41, 5.74) is 5.30. The van der Waals surface area contributed by atoms with Crippen LogP contribution in [0.5, 0.6) is 0 Å². The van der Waals surface area contributed by atoms with Gasteiger partial charge in [-0.2, -0.15) is 0 Å². The molecular weight excluding hydrogens is 380 g/mol. The van der Waals surface area contributed by atoms with E-state index in [1.807, 2.05) is 103 Å². The van der Waals surface area contributed by atoms with Crippen molar-refractivity contribution in [1.29, 1.82) is 0 Å². The van der Waals surface area contributed by atoms with E-state index in [9.17, 15) is 9.90 Å². The Morgan fingerprint density at radius 2 is 1.16 bits per heavy atom. The number of aliphatic hydroxyl groups is 1. The molecule has 4 aromatic rings. The van der Waals surface area contributed by atoms with Crippen LogP contribution in [0, 0.1) is 0 Å². The van der Waals surface area contributed by atoms with E-state index in [1.54, 1.807) is 0 Å². The Labute approximate surface area is 181 Å². The monoisotopic (exact) mass is 400 g/mol. The topological polar surface area (TPSA) is 37.3 Å². The molecule has 0 aliphatic heterocycles. The van der Waals surface area contributed by atoms with Gasteiger partial charge in [-0.1, -0.05) is 109 Å². The van der Waals surface area contributed by atoms with Crippen LogP contribution >= 0.6 is 0 Å². The van der Waals surface area contributed by atoms with Crippen LogP contribution in [0.25, 0.3) is 22.3 Å². The van der Waals surface area contributed by atoms with Gasteiger partial charge in [0.15, 0.2) is 5.78 Å². The van der Waals surface area contributed by atoms with Crippen LogP contribution in [0.2, 0.25) is 0 Å². The smallest absolute Gasteiger partial charge is 0.174 e. The van der Waals surface area contributed by atoms with Crippen LogP contribution in [-0.4, -0.2) is 10.9 Å². The minimum absolute atomic E-state index is 0.0404. The van der Waals surface area contributed by atoms with Crippen molar-refractivity contribution in [3.63, 3.8) is 0 Å². The van der Waals surface area contributed by atoms with Gasteiger partial charge in [0.05, 0.1) is 5.92 Å². The molecule has 1 N–H and O–H groups in total. The minimum Gasteiger partial charge on any atom is -0.379 e. The second kappa shape index (κ2) is 6.63. The third kappa shape index (κ3) is 2.40. The number of benzene rings is 4. The molecular formula is C29H20O2. The van der Waals surface area contributed by atoms with Gasteiger partial charge in [-0.05, 0) is 33.4 Å². The Kier molecular flexibility index (Phi) is 3.86. The van der Waals surface area contributed by atoms with Gasteiger partial charge >= 0.3 is 0 Å². The number of carbonyl (C=O) groups is 1. The average molecular weight is 400 g/mol. The molecule has 2 aliphatic rings. The van der Waals surface area contributed by atoms with Gasteiger partial charge in [-0.25, -0.2) is 0 Å². The van der Waals surface area contributed by atoms with E-state index in [4.69, 9.17) is 0 Å². The van der Waals surface area contributed by atoms with Gasteiger partial charge in [0.2, 0.25) is 0 Å². The summed E-state index contributed by atoms with van der Waals surface area (Å²) in [6.07, 6.45) is 0. The molecule has 0 heterocycles. The van der Waals surface area contributed by atoms with E-state index in [1.165, 1.54) is 0 Å². The number of fused-ring (bicyclic) bond motifs is 6. The first-order valence-electron chi connectivity index (χ1n) is 10.5. The van der Waals surface area contributed by atoms with Crippen LogP contribution in [0.15, 0.2) is 109 Å². The highest BCUT2D eigenvalue weighted by atomic mass is 16.3. The van der Waals surface area contributed by atoms with Crippen molar-refractivity contribution >= 4 is 16.9 Å². The van der Waals surface area contributed by atoms with Gasteiger partial charge in [0, 0.05) is 11.1 Å². The zero-order valence-corrected chi connectivity index (χ0v) is 16.8. The Morgan fingerprint density at radius 3 is 1.87 bits per heavy atom. The molecule has 31 heavy (non-hydrogen) atoms. The first kappa shape index (κ1) is 18.1. The second-order valence-electron chi connectivity index (χ2n) is 8.18. The van der Waals surface area contributed by atoms with E-state index in [2.05, 4.69) is 6.07 Å². The molecule has 148 valence electrons. The second-order valence-corrected chi connectivity index (χ2v) is 8.18. The number of Topliss-reactive ketones (excluding diaryl/α,β-unsaturated/α-hetero) is 1. The van der Waals surface area contributed by atoms with E-state index < -0.39 is 11.5 Å². The van der Waals surface area contributed by atoms with Gasteiger partial charge < -0.3 is 5.11 Å². The van der Waals surface area contributed by atoms with Crippen molar-refractivity contribution in [3.8, 4) is 11.1 Å². The van der Waals surface area contributed by atoms with Gasteiger partial charge in [0.25, 0.3) is 0 Å². The van der Waals surface area contributed by atoms with Crippen molar-refractivity contribution in [2.75, 3.05) is 0 Å². The Bertz CT molecular complexity index is 1350. The Morgan fingerprint density at radius 1 is 0.613 bits per heavy atom. The van der Waals surface area contributed by atoms with E-state index >= 15 is 0 Å².